The van der Waals surface area contributed by atoms with Gasteiger partial charge in [0.1, 0.15) is 0 Å². The first-order valence-corrected chi connectivity index (χ1v) is 6.98. The van der Waals surface area contributed by atoms with Crippen molar-refractivity contribution in [2.45, 2.75) is 25.4 Å². The summed E-state index contributed by atoms with van der Waals surface area (Å²) in [5, 5.41) is 3.19. The van der Waals surface area contributed by atoms with E-state index >= 15 is 0 Å². The van der Waals surface area contributed by atoms with Crippen LogP contribution in [-0.2, 0) is 16.1 Å². The van der Waals surface area contributed by atoms with Crippen LogP contribution in [0.1, 0.15) is 18.4 Å². The summed E-state index contributed by atoms with van der Waals surface area (Å²) >= 11 is 5.85. The smallest absolute Gasteiger partial charge is 0.242 e. The van der Waals surface area contributed by atoms with Crippen LogP contribution in [-0.4, -0.2) is 35.8 Å². The number of amides is 2. The van der Waals surface area contributed by atoms with Gasteiger partial charge in [0.25, 0.3) is 0 Å². The maximum atomic E-state index is 12.2. The molecule has 1 fully saturated rings. The van der Waals surface area contributed by atoms with E-state index < -0.39 is 0 Å². The lowest BCUT2D eigenvalue weighted by Gasteiger charge is -2.22. The third-order valence-electron chi connectivity index (χ3n) is 3.20. The Morgan fingerprint density at radius 3 is 2.43 bits per heavy atom. The summed E-state index contributed by atoms with van der Waals surface area (Å²) in [6, 6.07) is 7.71. The molecule has 1 aliphatic rings. The second kappa shape index (κ2) is 8.22. The van der Waals surface area contributed by atoms with Crippen LogP contribution in [0, 0.1) is 0 Å². The van der Waals surface area contributed by atoms with Crippen LogP contribution in [0.5, 0.6) is 0 Å². The molecular weight excluding hydrogens is 313 g/mol. The largest absolute Gasteiger partial charge is 0.346 e. The fourth-order valence-corrected chi connectivity index (χ4v) is 2.07. The lowest BCUT2D eigenvalue weighted by atomic mass is 10.2. The van der Waals surface area contributed by atoms with E-state index in [1.54, 1.807) is 4.90 Å². The van der Waals surface area contributed by atoms with E-state index in [0.717, 1.165) is 18.4 Å². The normalized spacial score (nSPS) is 13.2. The van der Waals surface area contributed by atoms with Crippen LogP contribution in [0.2, 0.25) is 5.02 Å². The molecule has 0 bridgehead atoms. The molecule has 1 aromatic rings. The van der Waals surface area contributed by atoms with Gasteiger partial charge in [-0.15, -0.1) is 12.4 Å². The van der Waals surface area contributed by atoms with Crippen LogP contribution in [0.15, 0.2) is 24.3 Å². The second-order valence-corrected chi connectivity index (χ2v) is 5.30. The number of halogens is 2. The Kier molecular flexibility index (Phi) is 6.95. The first-order chi connectivity index (χ1) is 9.60. The minimum absolute atomic E-state index is 0. The molecule has 1 aromatic carbocycles. The van der Waals surface area contributed by atoms with Crippen molar-refractivity contribution in [3.8, 4) is 0 Å². The van der Waals surface area contributed by atoms with Crippen LogP contribution in [0.3, 0.4) is 0 Å². The van der Waals surface area contributed by atoms with Gasteiger partial charge < -0.3 is 16.0 Å². The molecule has 2 amide bonds. The number of carbonyl (C=O) groups is 2. The lowest BCUT2D eigenvalue weighted by Crippen LogP contribution is -2.42. The Hall–Kier alpha value is -1.30. The molecule has 1 aliphatic carbocycles. The van der Waals surface area contributed by atoms with Gasteiger partial charge in [-0.1, -0.05) is 23.7 Å². The molecule has 0 aliphatic heterocycles. The molecule has 1 saturated carbocycles. The number of nitrogens with one attached hydrogen (secondary N) is 1. The molecule has 116 valence electrons. The Bertz CT molecular complexity index is 489. The van der Waals surface area contributed by atoms with E-state index in [-0.39, 0.29) is 43.4 Å². The molecule has 21 heavy (non-hydrogen) atoms. The molecule has 0 radical (unpaired) electrons. The molecule has 2 rings (SSSR count). The minimum Gasteiger partial charge on any atom is -0.346 e. The molecule has 0 heterocycles. The van der Waals surface area contributed by atoms with E-state index in [2.05, 4.69) is 5.32 Å². The van der Waals surface area contributed by atoms with Crippen molar-refractivity contribution in [1.29, 1.82) is 0 Å². The van der Waals surface area contributed by atoms with Crippen molar-refractivity contribution in [3.63, 3.8) is 0 Å². The number of hydrogen-bond acceptors (Lipinski definition) is 3. The zero-order valence-electron chi connectivity index (χ0n) is 11.5. The summed E-state index contributed by atoms with van der Waals surface area (Å²) in [4.78, 5) is 25.1. The lowest BCUT2D eigenvalue weighted by molar-refractivity contribution is -0.133. The van der Waals surface area contributed by atoms with Gasteiger partial charge >= 0.3 is 0 Å². The van der Waals surface area contributed by atoms with Gasteiger partial charge in [-0.3, -0.25) is 9.59 Å². The van der Waals surface area contributed by atoms with Gasteiger partial charge in [-0.05, 0) is 30.5 Å². The highest BCUT2D eigenvalue weighted by Crippen LogP contribution is 2.28. The van der Waals surface area contributed by atoms with Crippen molar-refractivity contribution in [3.05, 3.63) is 34.9 Å². The number of rotatable bonds is 6. The summed E-state index contributed by atoms with van der Waals surface area (Å²) < 4.78 is 0. The average molecular weight is 332 g/mol. The van der Waals surface area contributed by atoms with E-state index in [1.807, 2.05) is 24.3 Å². The molecule has 0 atom stereocenters. The molecule has 3 N–H and O–H groups in total. The first kappa shape index (κ1) is 17.8. The molecule has 0 unspecified atom stereocenters. The SMILES string of the molecule is Cl.NCC(=O)NCC(=O)N(Cc1ccc(Cl)cc1)C1CC1. The minimum atomic E-state index is -0.319. The van der Waals surface area contributed by atoms with E-state index in [0.29, 0.717) is 11.6 Å². The van der Waals surface area contributed by atoms with Gasteiger partial charge in [0, 0.05) is 17.6 Å². The number of carbonyl (C=O) groups excluding carboxylic acids is 2. The zero-order valence-corrected chi connectivity index (χ0v) is 13.1. The molecule has 7 heteroatoms. The molecule has 0 spiro atoms. The van der Waals surface area contributed by atoms with Gasteiger partial charge in [-0.25, -0.2) is 0 Å². The van der Waals surface area contributed by atoms with Crippen LogP contribution in [0.25, 0.3) is 0 Å². The Labute approximate surface area is 135 Å². The molecule has 5 nitrogen and oxygen atoms in total. The van der Waals surface area contributed by atoms with Crippen molar-refractivity contribution in [2.75, 3.05) is 13.1 Å². The zero-order chi connectivity index (χ0) is 14.5. The Morgan fingerprint density at radius 1 is 1.29 bits per heavy atom. The van der Waals surface area contributed by atoms with Crippen LogP contribution >= 0.6 is 24.0 Å². The van der Waals surface area contributed by atoms with E-state index in [1.165, 1.54) is 0 Å². The van der Waals surface area contributed by atoms with E-state index in [4.69, 9.17) is 17.3 Å². The summed E-state index contributed by atoms with van der Waals surface area (Å²) in [7, 11) is 0. The standard InChI is InChI=1S/C14H18ClN3O2.ClH/c15-11-3-1-10(2-4-11)9-18(12-5-6-12)14(20)8-17-13(19)7-16;/h1-4,12H,5-9,16H2,(H,17,19);1H. The monoisotopic (exact) mass is 331 g/mol. The molecule has 0 aromatic heterocycles. The number of benzene rings is 1. The maximum absolute atomic E-state index is 12.2. The number of nitrogens with two attached hydrogens (primary N) is 1. The van der Waals surface area contributed by atoms with Crippen molar-refractivity contribution in [2.24, 2.45) is 5.73 Å². The molecule has 0 saturated heterocycles. The van der Waals surface area contributed by atoms with Crippen LogP contribution in [0.4, 0.5) is 0 Å². The second-order valence-electron chi connectivity index (χ2n) is 4.86. The average Bonchev–Trinajstić information content (AvgIpc) is 3.28. The fraction of sp³-hybridized carbons (Fsp3) is 0.429. The highest BCUT2D eigenvalue weighted by atomic mass is 35.5. The van der Waals surface area contributed by atoms with Gasteiger partial charge in [-0.2, -0.15) is 0 Å². The van der Waals surface area contributed by atoms with Gasteiger partial charge in [0.05, 0.1) is 13.1 Å². The predicted octanol–water partition coefficient (Wildman–Crippen LogP) is 1.33. The van der Waals surface area contributed by atoms with Gasteiger partial charge in [0.15, 0.2) is 0 Å². The Balaban J connectivity index is 0.00000220. The van der Waals surface area contributed by atoms with Gasteiger partial charge in [0.2, 0.25) is 11.8 Å². The third-order valence-corrected chi connectivity index (χ3v) is 3.45. The third kappa shape index (κ3) is 5.53. The van der Waals surface area contributed by atoms with Crippen molar-refractivity contribution in [1.82, 2.24) is 10.2 Å². The summed E-state index contributed by atoms with van der Waals surface area (Å²) in [6.07, 6.45) is 2.04. The van der Waals surface area contributed by atoms with Crippen molar-refractivity contribution < 1.29 is 9.59 Å². The quantitative estimate of drug-likeness (QED) is 0.825. The molecular formula is C14H19Cl2N3O2. The number of hydrogen-bond donors (Lipinski definition) is 2. The summed E-state index contributed by atoms with van der Waals surface area (Å²) in [6.45, 7) is 0.438. The topological polar surface area (TPSA) is 75.4 Å². The van der Waals surface area contributed by atoms with E-state index in [9.17, 15) is 9.59 Å². The fourth-order valence-electron chi connectivity index (χ4n) is 1.94. The maximum Gasteiger partial charge on any atom is 0.242 e. The van der Waals surface area contributed by atoms with Crippen LogP contribution < -0.4 is 11.1 Å². The highest BCUT2D eigenvalue weighted by molar-refractivity contribution is 6.30. The summed E-state index contributed by atoms with van der Waals surface area (Å²) in [5.41, 5.74) is 6.22. The Morgan fingerprint density at radius 2 is 1.90 bits per heavy atom. The van der Waals surface area contributed by atoms with Crippen molar-refractivity contribution >= 4 is 35.8 Å². The number of nitrogens with zero attached hydrogens (tertiary/aromatic N) is 1. The highest BCUT2D eigenvalue weighted by Gasteiger charge is 2.32. The predicted molar refractivity (Wildman–Crippen MR) is 84.3 cm³/mol. The summed E-state index contributed by atoms with van der Waals surface area (Å²) in [5.74, 6) is -0.398. The first-order valence-electron chi connectivity index (χ1n) is 6.61.